The Morgan fingerprint density at radius 1 is 1.50 bits per heavy atom. The van der Waals surface area contributed by atoms with Gasteiger partial charge in [-0.25, -0.2) is 13.4 Å². The van der Waals surface area contributed by atoms with E-state index in [0.717, 1.165) is 6.42 Å². The van der Waals surface area contributed by atoms with E-state index in [9.17, 15) is 8.42 Å². The number of halogens is 2. The van der Waals surface area contributed by atoms with E-state index in [-0.39, 0.29) is 16.1 Å². The van der Waals surface area contributed by atoms with Gasteiger partial charge in [0.05, 0.1) is 0 Å². The van der Waals surface area contributed by atoms with E-state index in [2.05, 4.69) is 20.9 Å². The van der Waals surface area contributed by atoms with E-state index in [1.165, 1.54) is 16.6 Å². The maximum absolute atomic E-state index is 12.5. The van der Waals surface area contributed by atoms with Gasteiger partial charge in [-0.05, 0) is 42.3 Å². The molecule has 0 amide bonds. The van der Waals surface area contributed by atoms with Crippen molar-refractivity contribution in [2.45, 2.75) is 38.1 Å². The minimum atomic E-state index is -3.61. The number of hydrogen-bond acceptors (Lipinski definition) is 3. The fourth-order valence-corrected chi connectivity index (χ4v) is 4.24. The van der Waals surface area contributed by atoms with Gasteiger partial charge in [0.1, 0.15) is 10.0 Å². The zero-order valence-corrected chi connectivity index (χ0v) is 13.7. The predicted octanol–water partition coefficient (Wildman–Crippen LogP) is 3.31. The Morgan fingerprint density at radius 2 is 2.11 bits per heavy atom. The highest BCUT2D eigenvalue weighted by Crippen LogP contribution is 2.27. The lowest BCUT2D eigenvalue weighted by molar-refractivity contribution is 0.354. The molecule has 1 heterocycles. The fraction of sp³-hybridized carbons (Fsp3) is 0.545. The average molecular weight is 356 g/mol. The molecule has 4 nitrogen and oxygen atoms in total. The minimum absolute atomic E-state index is 0.0000435. The van der Waals surface area contributed by atoms with E-state index >= 15 is 0 Å². The van der Waals surface area contributed by atoms with Crippen LogP contribution in [0, 0.1) is 0 Å². The first-order valence-corrected chi connectivity index (χ1v) is 8.24. The lowest BCUT2D eigenvalue weighted by Crippen LogP contribution is -2.37. The van der Waals surface area contributed by atoms with Gasteiger partial charge in [-0.1, -0.05) is 18.5 Å². The fourth-order valence-electron chi connectivity index (χ4n) is 1.59. The van der Waals surface area contributed by atoms with Crippen molar-refractivity contribution in [2.75, 3.05) is 6.54 Å². The number of hydrogen-bond donors (Lipinski definition) is 0. The summed E-state index contributed by atoms with van der Waals surface area (Å²) in [4.78, 5) is 3.90. The van der Waals surface area contributed by atoms with Crippen molar-refractivity contribution in [2.24, 2.45) is 0 Å². The van der Waals surface area contributed by atoms with Gasteiger partial charge in [0, 0.05) is 23.3 Å². The number of pyridine rings is 1. The third-order valence-corrected chi connectivity index (χ3v) is 5.32. The molecule has 18 heavy (non-hydrogen) atoms. The van der Waals surface area contributed by atoms with Crippen LogP contribution >= 0.6 is 27.5 Å². The SMILES string of the molecule is CCCN(C(C)C)S(=O)(=O)c1cc(Br)cnc1Cl. The molecule has 1 rings (SSSR count). The second kappa shape index (κ2) is 6.32. The van der Waals surface area contributed by atoms with Crippen molar-refractivity contribution in [3.8, 4) is 0 Å². The number of rotatable bonds is 5. The molecule has 0 aliphatic heterocycles. The Labute approximate surface area is 122 Å². The summed E-state index contributed by atoms with van der Waals surface area (Å²) in [5.74, 6) is 0. The minimum Gasteiger partial charge on any atom is -0.242 e. The molecule has 0 aromatic carbocycles. The van der Waals surface area contributed by atoms with Crippen LogP contribution in [0.3, 0.4) is 0 Å². The summed E-state index contributed by atoms with van der Waals surface area (Å²) in [6.45, 7) is 6.08. The molecule has 0 fully saturated rings. The highest BCUT2D eigenvalue weighted by atomic mass is 79.9. The van der Waals surface area contributed by atoms with E-state index in [0.29, 0.717) is 11.0 Å². The maximum Gasteiger partial charge on any atom is 0.246 e. The Morgan fingerprint density at radius 3 is 2.61 bits per heavy atom. The smallest absolute Gasteiger partial charge is 0.242 e. The van der Waals surface area contributed by atoms with Gasteiger partial charge in [-0.3, -0.25) is 0 Å². The maximum atomic E-state index is 12.5. The molecule has 0 saturated carbocycles. The summed E-state index contributed by atoms with van der Waals surface area (Å²) in [6, 6.07) is 1.36. The standard InChI is InChI=1S/C11H16BrClN2O2S/c1-4-5-15(8(2)3)18(16,17)10-6-9(12)7-14-11(10)13/h6-8H,4-5H2,1-3H3. The van der Waals surface area contributed by atoms with Gasteiger partial charge in [-0.2, -0.15) is 4.31 Å². The van der Waals surface area contributed by atoms with Crippen LogP contribution in [0.25, 0.3) is 0 Å². The van der Waals surface area contributed by atoms with Crippen LogP contribution in [-0.2, 0) is 10.0 Å². The van der Waals surface area contributed by atoms with Crippen LogP contribution < -0.4 is 0 Å². The molecular weight excluding hydrogens is 340 g/mol. The van der Waals surface area contributed by atoms with Crippen LogP contribution in [-0.4, -0.2) is 30.3 Å². The first-order chi connectivity index (χ1) is 8.30. The normalized spacial score (nSPS) is 12.4. The molecule has 0 bridgehead atoms. The van der Waals surface area contributed by atoms with Crippen LogP contribution in [0.2, 0.25) is 5.15 Å². The lowest BCUT2D eigenvalue weighted by atomic mass is 10.4. The number of sulfonamides is 1. The molecule has 1 aromatic rings. The van der Waals surface area contributed by atoms with E-state index in [1.807, 2.05) is 20.8 Å². The third kappa shape index (κ3) is 3.44. The van der Waals surface area contributed by atoms with Crippen molar-refractivity contribution in [1.82, 2.24) is 9.29 Å². The average Bonchev–Trinajstić information content (AvgIpc) is 2.28. The molecule has 0 aliphatic rings. The highest BCUT2D eigenvalue weighted by Gasteiger charge is 2.29. The van der Waals surface area contributed by atoms with Crippen LogP contribution in [0.1, 0.15) is 27.2 Å². The first-order valence-electron chi connectivity index (χ1n) is 5.63. The molecule has 1 aromatic heterocycles. The molecule has 0 unspecified atom stereocenters. The van der Waals surface area contributed by atoms with Crippen molar-refractivity contribution >= 4 is 37.6 Å². The summed E-state index contributed by atoms with van der Waals surface area (Å²) in [5, 5.41) is -0.0000435. The van der Waals surface area contributed by atoms with Gasteiger partial charge in [0.15, 0.2) is 0 Å². The largest absolute Gasteiger partial charge is 0.246 e. The summed E-state index contributed by atoms with van der Waals surface area (Å²) in [7, 11) is -3.61. The van der Waals surface area contributed by atoms with Crippen LogP contribution in [0.4, 0.5) is 0 Å². The second-order valence-electron chi connectivity index (χ2n) is 4.15. The second-order valence-corrected chi connectivity index (χ2v) is 7.28. The highest BCUT2D eigenvalue weighted by molar-refractivity contribution is 9.10. The number of aromatic nitrogens is 1. The van der Waals surface area contributed by atoms with Gasteiger partial charge in [-0.15, -0.1) is 0 Å². The van der Waals surface area contributed by atoms with Crippen LogP contribution in [0.15, 0.2) is 21.6 Å². The third-order valence-electron chi connectivity index (χ3n) is 2.38. The van der Waals surface area contributed by atoms with Crippen molar-refractivity contribution in [3.05, 3.63) is 21.9 Å². The molecule has 0 spiro atoms. The summed E-state index contributed by atoms with van der Waals surface area (Å²) >= 11 is 9.10. The van der Waals surface area contributed by atoms with Gasteiger partial charge < -0.3 is 0 Å². The van der Waals surface area contributed by atoms with Crippen molar-refractivity contribution < 1.29 is 8.42 Å². The van der Waals surface area contributed by atoms with Crippen molar-refractivity contribution in [3.63, 3.8) is 0 Å². The number of nitrogens with zero attached hydrogens (tertiary/aromatic N) is 2. The Balaban J connectivity index is 3.30. The van der Waals surface area contributed by atoms with Crippen LogP contribution in [0.5, 0.6) is 0 Å². The zero-order chi connectivity index (χ0) is 13.9. The Hall–Kier alpha value is -0.170. The van der Waals surface area contributed by atoms with E-state index in [1.54, 1.807) is 0 Å². The Kier molecular flexibility index (Phi) is 5.58. The molecule has 0 radical (unpaired) electrons. The molecule has 0 N–H and O–H groups in total. The predicted molar refractivity (Wildman–Crippen MR) is 76.3 cm³/mol. The molecular formula is C11H16BrClN2O2S. The summed E-state index contributed by atoms with van der Waals surface area (Å²) in [6.07, 6.45) is 2.22. The molecule has 7 heteroatoms. The Bertz CT molecular complexity index is 520. The quantitative estimate of drug-likeness (QED) is 0.761. The first kappa shape index (κ1) is 15.9. The molecule has 102 valence electrons. The zero-order valence-electron chi connectivity index (χ0n) is 10.5. The summed E-state index contributed by atoms with van der Waals surface area (Å²) < 4.78 is 27.1. The molecule has 0 atom stereocenters. The summed E-state index contributed by atoms with van der Waals surface area (Å²) in [5.41, 5.74) is 0. The van der Waals surface area contributed by atoms with Gasteiger partial charge >= 0.3 is 0 Å². The molecule has 0 saturated heterocycles. The lowest BCUT2D eigenvalue weighted by Gasteiger charge is -2.25. The monoisotopic (exact) mass is 354 g/mol. The molecule has 0 aliphatic carbocycles. The van der Waals surface area contributed by atoms with Gasteiger partial charge in [0.2, 0.25) is 10.0 Å². The van der Waals surface area contributed by atoms with E-state index < -0.39 is 10.0 Å². The van der Waals surface area contributed by atoms with E-state index in [4.69, 9.17) is 11.6 Å². The van der Waals surface area contributed by atoms with Crippen molar-refractivity contribution in [1.29, 1.82) is 0 Å². The topological polar surface area (TPSA) is 50.3 Å². The van der Waals surface area contributed by atoms with Gasteiger partial charge in [0.25, 0.3) is 0 Å².